The van der Waals surface area contributed by atoms with Crippen molar-refractivity contribution in [1.29, 1.82) is 0 Å². The summed E-state index contributed by atoms with van der Waals surface area (Å²) < 4.78 is 17.3. The van der Waals surface area contributed by atoms with Crippen LogP contribution in [0.25, 0.3) is 21.9 Å². The third kappa shape index (κ3) is 5.81. The van der Waals surface area contributed by atoms with Crippen molar-refractivity contribution in [2.45, 2.75) is 39.0 Å². The molecule has 1 aliphatic heterocycles. The summed E-state index contributed by atoms with van der Waals surface area (Å²) in [6, 6.07) is 25.8. The van der Waals surface area contributed by atoms with Gasteiger partial charge in [0.25, 0.3) is 0 Å². The zero-order valence-electron chi connectivity index (χ0n) is 23.0. The number of likely N-dealkylation sites (tertiary alicyclic amines) is 1. The molecule has 1 fully saturated rings. The Morgan fingerprint density at radius 1 is 0.737 bits per heavy atom. The fourth-order valence-corrected chi connectivity index (χ4v) is 5.70. The first kappa shape index (κ1) is 26.1. The summed E-state index contributed by atoms with van der Waals surface area (Å²) >= 11 is 0. The molecule has 1 heterocycles. The molecule has 0 radical (unpaired) electrons. The Morgan fingerprint density at radius 3 is 2.24 bits per heavy atom. The number of fused-ring (bicyclic) bond motifs is 1. The highest BCUT2D eigenvalue weighted by atomic mass is 16.5. The van der Waals surface area contributed by atoms with Crippen LogP contribution in [0.1, 0.15) is 42.9 Å². The SMILES string of the molecule is CCc1c(OC)cccc1-c1ccc2cc(OC)ccc2c1Cc1ccc(OCCN2CCCCC2)cc1. The van der Waals surface area contributed by atoms with Crippen molar-refractivity contribution in [2.75, 3.05) is 40.5 Å². The standard InChI is InChI=1S/C34H39NO3/c1-4-29-31(9-8-10-34(29)37-3)32-17-13-26-24-28(36-2)16-18-30(26)33(32)23-25-11-14-27(15-12-25)38-22-21-35-19-6-5-7-20-35/h8-18,24H,4-7,19-23H2,1-3H3. The second-order valence-corrected chi connectivity index (χ2v) is 10.1. The van der Waals surface area contributed by atoms with E-state index in [1.807, 2.05) is 0 Å². The van der Waals surface area contributed by atoms with Gasteiger partial charge in [-0.3, -0.25) is 4.90 Å². The third-order valence-corrected chi connectivity index (χ3v) is 7.76. The quantitative estimate of drug-likeness (QED) is 0.221. The number of rotatable bonds is 10. The fraction of sp³-hybridized carbons (Fsp3) is 0.353. The lowest BCUT2D eigenvalue weighted by Crippen LogP contribution is -2.33. The van der Waals surface area contributed by atoms with Crippen LogP contribution in [0.15, 0.2) is 72.8 Å². The van der Waals surface area contributed by atoms with Crippen LogP contribution < -0.4 is 14.2 Å². The maximum Gasteiger partial charge on any atom is 0.122 e. The molecule has 0 saturated carbocycles. The monoisotopic (exact) mass is 509 g/mol. The van der Waals surface area contributed by atoms with Gasteiger partial charge in [-0.15, -0.1) is 0 Å². The largest absolute Gasteiger partial charge is 0.497 e. The molecule has 4 aromatic rings. The molecule has 1 aliphatic rings. The summed E-state index contributed by atoms with van der Waals surface area (Å²) in [4.78, 5) is 2.51. The summed E-state index contributed by atoms with van der Waals surface area (Å²) in [5.41, 5.74) is 6.30. The molecule has 4 heteroatoms. The van der Waals surface area contributed by atoms with E-state index in [0.29, 0.717) is 0 Å². The first-order valence-electron chi connectivity index (χ1n) is 13.9. The first-order valence-corrected chi connectivity index (χ1v) is 13.9. The molecule has 0 amide bonds. The predicted molar refractivity (Wildman–Crippen MR) is 157 cm³/mol. The van der Waals surface area contributed by atoms with Gasteiger partial charge in [-0.05, 0) is 102 Å². The third-order valence-electron chi connectivity index (χ3n) is 7.76. The Bertz CT molecular complexity index is 1360. The maximum absolute atomic E-state index is 6.09. The average molecular weight is 510 g/mol. The molecule has 0 N–H and O–H groups in total. The van der Waals surface area contributed by atoms with E-state index in [4.69, 9.17) is 14.2 Å². The molecular weight excluding hydrogens is 470 g/mol. The van der Waals surface area contributed by atoms with Crippen molar-refractivity contribution in [3.63, 3.8) is 0 Å². The van der Waals surface area contributed by atoms with E-state index in [2.05, 4.69) is 84.6 Å². The zero-order chi connectivity index (χ0) is 26.3. The predicted octanol–water partition coefficient (Wildman–Crippen LogP) is 7.54. The van der Waals surface area contributed by atoms with Crippen LogP contribution in [0.4, 0.5) is 0 Å². The molecule has 0 unspecified atom stereocenters. The van der Waals surface area contributed by atoms with E-state index < -0.39 is 0 Å². The summed E-state index contributed by atoms with van der Waals surface area (Å²) in [5.74, 6) is 2.75. The minimum Gasteiger partial charge on any atom is -0.497 e. The number of hydrogen-bond donors (Lipinski definition) is 0. The molecular formula is C34H39NO3. The molecule has 38 heavy (non-hydrogen) atoms. The highest BCUT2D eigenvalue weighted by Crippen LogP contribution is 2.38. The van der Waals surface area contributed by atoms with E-state index >= 15 is 0 Å². The lowest BCUT2D eigenvalue weighted by Gasteiger charge is -2.26. The van der Waals surface area contributed by atoms with E-state index in [0.717, 1.165) is 43.2 Å². The molecule has 4 aromatic carbocycles. The Balaban J connectivity index is 1.44. The summed E-state index contributed by atoms with van der Waals surface area (Å²) in [7, 11) is 3.47. The van der Waals surface area contributed by atoms with Crippen LogP contribution in [0.3, 0.4) is 0 Å². The minimum absolute atomic E-state index is 0.740. The molecule has 1 saturated heterocycles. The van der Waals surface area contributed by atoms with E-state index in [9.17, 15) is 0 Å². The normalized spacial score (nSPS) is 14.0. The zero-order valence-corrected chi connectivity index (χ0v) is 23.0. The Kier molecular flexibility index (Phi) is 8.50. The van der Waals surface area contributed by atoms with Gasteiger partial charge in [0, 0.05) is 12.1 Å². The van der Waals surface area contributed by atoms with Crippen LogP contribution in [0.5, 0.6) is 17.2 Å². The molecule has 0 atom stereocenters. The van der Waals surface area contributed by atoms with Gasteiger partial charge >= 0.3 is 0 Å². The van der Waals surface area contributed by atoms with Gasteiger partial charge in [-0.1, -0.05) is 55.8 Å². The molecule has 0 spiro atoms. The molecule has 0 bridgehead atoms. The van der Waals surface area contributed by atoms with Crippen LogP contribution >= 0.6 is 0 Å². The van der Waals surface area contributed by atoms with Gasteiger partial charge < -0.3 is 14.2 Å². The summed E-state index contributed by atoms with van der Waals surface area (Å²) in [6.07, 6.45) is 5.72. The van der Waals surface area contributed by atoms with Crippen molar-refractivity contribution in [1.82, 2.24) is 4.90 Å². The number of ether oxygens (including phenoxy) is 3. The highest BCUT2D eigenvalue weighted by molar-refractivity contribution is 5.93. The molecule has 5 rings (SSSR count). The average Bonchev–Trinajstić information content (AvgIpc) is 2.98. The van der Waals surface area contributed by atoms with Gasteiger partial charge in [-0.25, -0.2) is 0 Å². The second-order valence-electron chi connectivity index (χ2n) is 10.1. The van der Waals surface area contributed by atoms with Crippen molar-refractivity contribution in [3.8, 4) is 28.4 Å². The topological polar surface area (TPSA) is 30.9 Å². The van der Waals surface area contributed by atoms with E-state index in [1.165, 1.54) is 70.9 Å². The lowest BCUT2D eigenvalue weighted by molar-refractivity contribution is 0.183. The highest BCUT2D eigenvalue weighted by Gasteiger charge is 2.16. The van der Waals surface area contributed by atoms with Crippen molar-refractivity contribution in [3.05, 3.63) is 89.5 Å². The fourth-order valence-electron chi connectivity index (χ4n) is 5.70. The number of hydrogen-bond acceptors (Lipinski definition) is 4. The minimum atomic E-state index is 0.740. The van der Waals surface area contributed by atoms with E-state index in [-0.39, 0.29) is 0 Å². The van der Waals surface area contributed by atoms with Crippen LogP contribution in [-0.4, -0.2) is 45.4 Å². The van der Waals surface area contributed by atoms with E-state index in [1.54, 1.807) is 14.2 Å². The Labute approximate surface area is 227 Å². The summed E-state index contributed by atoms with van der Waals surface area (Å²) in [6.45, 7) is 6.34. The number of benzene rings is 4. The lowest BCUT2D eigenvalue weighted by atomic mass is 9.87. The number of nitrogens with zero attached hydrogens (tertiary/aromatic N) is 1. The molecule has 0 aliphatic carbocycles. The molecule has 0 aromatic heterocycles. The van der Waals surface area contributed by atoms with Crippen molar-refractivity contribution >= 4 is 10.8 Å². The number of piperidine rings is 1. The van der Waals surface area contributed by atoms with Gasteiger partial charge in [0.05, 0.1) is 14.2 Å². The van der Waals surface area contributed by atoms with Gasteiger partial charge in [-0.2, -0.15) is 0 Å². The van der Waals surface area contributed by atoms with Gasteiger partial charge in [0.1, 0.15) is 23.9 Å². The van der Waals surface area contributed by atoms with Crippen LogP contribution in [0, 0.1) is 0 Å². The van der Waals surface area contributed by atoms with Crippen LogP contribution in [0.2, 0.25) is 0 Å². The Morgan fingerprint density at radius 2 is 1.50 bits per heavy atom. The molecule has 4 nitrogen and oxygen atoms in total. The molecule has 198 valence electrons. The number of methoxy groups -OCH3 is 2. The van der Waals surface area contributed by atoms with Gasteiger partial charge in [0.15, 0.2) is 0 Å². The first-order chi connectivity index (χ1) is 18.7. The van der Waals surface area contributed by atoms with Crippen molar-refractivity contribution in [2.24, 2.45) is 0 Å². The smallest absolute Gasteiger partial charge is 0.122 e. The van der Waals surface area contributed by atoms with Crippen molar-refractivity contribution < 1.29 is 14.2 Å². The van der Waals surface area contributed by atoms with Gasteiger partial charge in [0.2, 0.25) is 0 Å². The van der Waals surface area contributed by atoms with Crippen LogP contribution in [-0.2, 0) is 12.8 Å². The Hall–Kier alpha value is -3.50. The summed E-state index contributed by atoms with van der Waals surface area (Å²) in [5, 5.41) is 2.43. The second kappa shape index (κ2) is 12.4. The maximum atomic E-state index is 6.09.